The van der Waals surface area contributed by atoms with Gasteiger partial charge in [-0.1, -0.05) is 26.5 Å². The molecule has 72 valence electrons. The lowest BCUT2D eigenvalue weighted by molar-refractivity contribution is 0.252. The van der Waals surface area contributed by atoms with Gasteiger partial charge in [0.2, 0.25) is 0 Å². The van der Waals surface area contributed by atoms with Gasteiger partial charge in [0.1, 0.15) is 0 Å². The molecule has 0 aromatic heterocycles. The molecule has 0 aliphatic rings. The molecule has 3 nitrogen and oxygen atoms in total. The van der Waals surface area contributed by atoms with Crippen LogP contribution in [0.3, 0.4) is 0 Å². The Labute approximate surface area is 79.3 Å². The highest BCUT2D eigenvalue weighted by Gasteiger charge is 1.98. The molecule has 0 fully saturated rings. The fraction of sp³-hybridized carbons (Fsp3) is 0.400. The minimum Gasteiger partial charge on any atom is -0.312 e. The first kappa shape index (κ1) is 11.6. The second kappa shape index (κ2) is 6.17. The van der Waals surface area contributed by atoms with E-state index in [4.69, 9.17) is 0 Å². The van der Waals surface area contributed by atoms with Crippen molar-refractivity contribution in [2.45, 2.75) is 20.8 Å². The summed E-state index contributed by atoms with van der Waals surface area (Å²) < 4.78 is 0. The van der Waals surface area contributed by atoms with Gasteiger partial charge >= 0.3 is 6.03 Å². The summed E-state index contributed by atoms with van der Waals surface area (Å²) in [6.45, 7) is 9.40. The maximum atomic E-state index is 10.9. The molecule has 2 amide bonds. The zero-order chi connectivity index (χ0) is 10.3. The minimum absolute atomic E-state index is 0.350. The summed E-state index contributed by atoms with van der Waals surface area (Å²) in [6, 6.07) is -0.359. The molecular formula is C10H16N2O. The van der Waals surface area contributed by atoms with E-state index in [9.17, 15) is 4.79 Å². The van der Waals surface area contributed by atoms with Crippen LogP contribution >= 0.6 is 0 Å². The van der Waals surface area contributed by atoms with Crippen LogP contribution in [0.15, 0.2) is 29.4 Å². The number of allylic oxidation sites excluding steroid dienone is 2. The Bertz CT molecular complexity index is 239. The Morgan fingerprint density at radius 2 is 2.15 bits per heavy atom. The topological polar surface area (TPSA) is 41.5 Å². The number of nitrogens with zero attached hydrogens (tertiary/aromatic N) is 1. The second-order valence-electron chi connectivity index (χ2n) is 2.84. The van der Waals surface area contributed by atoms with Gasteiger partial charge in [-0.25, -0.2) is 9.79 Å². The molecule has 0 saturated heterocycles. The van der Waals surface area contributed by atoms with Crippen LogP contribution in [0.25, 0.3) is 0 Å². The number of aliphatic imine (C=N–C) groups is 1. The molecule has 0 heterocycles. The van der Waals surface area contributed by atoms with E-state index in [1.54, 1.807) is 19.2 Å². The van der Waals surface area contributed by atoms with Crippen molar-refractivity contribution in [2.24, 2.45) is 10.9 Å². The lowest BCUT2D eigenvalue weighted by Gasteiger charge is -2.04. The fourth-order valence-corrected chi connectivity index (χ4v) is 0.761. The molecular weight excluding hydrogens is 164 g/mol. The van der Waals surface area contributed by atoms with E-state index in [0.717, 1.165) is 5.57 Å². The number of amides is 2. The molecule has 0 unspecified atom stereocenters. The second-order valence-corrected chi connectivity index (χ2v) is 2.84. The summed E-state index contributed by atoms with van der Waals surface area (Å²) >= 11 is 0. The van der Waals surface area contributed by atoms with Gasteiger partial charge in [0.25, 0.3) is 0 Å². The van der Waals surface area contributed by atoms with E-state index in [2.05, 4.69) is 16.9 Å². The lowest BCUT2D eigenvalue weighted by atomic mass is 10.1. The lowest BCUT2D eigenvalue weighted by Crippen LogP contribution is -2.13. The molecule has 0 rings (SSSR count). The fourth-order valence-electron chi connectivity index (χ4n) is 0.761. The molecule has 0 bridgehead atoms. The minimum atomic E-state index is -0.359. The first-order valence-electron chi connectivity index (χ1n) is 4.23. The number of hydrogen-bond acceptors (Lipinski definition) is 1. The number of urea groups is 1. The van der Waals surface area contributed by atoms with Gasteiger partial charge in [0.05, 0.1) is 0 Å². The van der Waals surface area contributed by atoms with Gasteiger partial charge in [-0.3, -0.25) is 0 Å². The van der Waals surface area contributed by atoms with Gasteiger partial charge in [0.15, 0.2) is 0 Å². The quantitative estimate of drug-likeness (QED) is 0.526. The van der Waals surface area contributed by atoms with E-state index in [-0.39, 0.29) is 6.03 Å². The highest BCUT2D eigenvalue weighted by molar-refractivity contribution is 5.83. The molecule has 0 saturated carbocycles. The van der Waals surface area contributed by atoms with Crippen LogP contribution < -0.4 is 5.32 Å². The average Bonchev–Trinajstić information content (AvgIpc) is 2.05. The van der Waals surface area contributed by atoms with E-state index < -0.39 is 0 Å². The predicted octanol–water partition coefficient (Wildman–Crippen LogP) is 2.51. The van der Waals surface area contributed by atoms with Crippen molar-refractivity contribution < 1.29 is 4.79 Å². The number of carbonyl (C=O) groups excluding carboxylic acids is 1. The molecule has 0 aliphatic carbocycles. The summed E-state index contributed by atoms with van der Waals surface area (Å²) in [7, 11) is 0. The zero-order valence-corrected chi connectivity index (χ0v) is 8.37. The van der Waals surface area contributed by atoms with Crippen molar-refractivity contribution in [3.63, 3.8) is 0 Å². The Kier molecular flexibility index (Phi) is 5.52. The first-order chi connectivity index (χ1) is 6.11. The molecule has 0 spiro atoms. The first-order valence-corrected chi connectivity index (χ1v) is 4.23. The van der Waals surface area contributed by atoms with Crippen LogP contribution in [0.1, 0.15) is 20.8 Å². The smallest absolute Gasteiger partial charge is 0.312 e. The van der Waals surface area contributed by atoms with Crippen molar-refractivity contribution in [1.29, 1.82) is 0 Å². The molecule has 3 heteroatoms. The van der Waals surface area contributed by atoms with Crippen molar-refractivity contribution in [3.8, 4) is 0 Å². The zero-order valence-electron chi connectivity index (χ0n) is 8.37. The number of rotatable bonds is 3. The number of carbonyl (C=O) groups is 1. The molecule has 0 atom stereocenters. The van der Waals surface area contributed by atoms with E-state index in [1.165, 1.54) is 6.21 Å². The van der Waals surface area contributed by atoms with Crippen molar-refractivity contribution >= 4 is 12.2 Å². The van der Waals surface area contributed by atoms with Crippen LogP contribution in [0.2, 0.25) is 0 Å². The standard InChI is InChI=1S/C10H16N2O/c1-5-9(8(3)4)7-12-10(13)11-6-2/h5-8H,1H2,2-4H3,(H,12,13)/b9-7+,11-6?. The van der Waals surface area contributed by atoms with Crippen molar-refractivity contribution in [2.75, 3.05) is 0 Å². The number of nitrogens with one attached hydrogen (secondary N) is 1. The summed E-state index contributed by atoms with van der Waals surface area (Å²) in [5.41, 5.74) is 0.986. The van der Waals surface area contributed by atoms with Gasteiger partial charge in [-0.2, -0.15) is 0 Å². The van der Waals surface area contributed by atoms with E-state index in [0.29, 0.717) is 5.92 Å². The summed E-state index contributed by atoms with van der Waals surface area (Å²) in [5, 5.41) is 2.55. The molecule has 0 radical (unpaired) electrons. The van der Waals surface area contributed by atoms with E-state index >= 15 is 0 Å². The van der Waals surface area contributed by atoms with Crippen LogP contribution in [0.4, 0.5) is 4.79 Å². The maximum Gasteiger partial charge on any atom is 0.344 e. The van der Waals surface area contributed by atoms with Crippen LogP contribution in [-0.4, -0.2) is 12.2 Å². The van der Waals surface area contributed by atoms with Crippen molar-refractivity contribution in [1.82, 2.24) is 5.32 Å². The maximum absolute atomic E-state index is 10.9. The summed E-state index contributed by atoms with van der Waals surface area (Å²) in [5.74, 6) is 0.350. The largest absolute Gasteiger partial charge is 0.344 e. The van der Waals surface area contributed by atoms with Gasteiger partial charge in [0, 0.05) is 12.4 Å². The molecule has 0 aromatic carbocycles. The third-order valence-electron chi connectivity index (χ3n) is 1.51. The normalized spacial score (nSPS) is 12.2. The number of hydrogen-bond donors (Lipinski definition) is 1. The Balaban J connectivity index is 4.22. The van der Waals surface area contributed by atoms with Crippen molar-refractivity contribution in [3.05, 3.63) is 24.4 Å². The SMILES string of the molecule is C=C/C(=C\NC(=O)N=CC)C(C)C. The van der Waals surface area contributed by atoms with E-state index in [1.807, 2.05) is 13.8 Å². The predicted molar refractivity (Wildman–Crippen MR) is 55.8 cm³/mol. The Morgan fingerprint density at radius 1 is 1.54 bits per heavy atom. The Hall–Kier alpha value is -1.38. The summed E-state index contributed by atoms with van der Waals surface area (Å²) in [6.07, 6.45) is 4.81. The molecule has 1 N–H and O–H groups in total. The Morgan fingerprint density at radius 3 is 2.54 bits per heavy atom. The van der Waals surface area contributed by atoms with Crippen LogP contribution in [0, 0.1) is 5.92 Å². The van der Waals surface area contributed by atoms with Gasteiger partial charge < -0.3 is 5.32 Å². The highest BCUT2D eigenvalue weighted by atomic mass is 16.2. The molecule has 0 aliphatic heterocycles. The monoisotopic (exact) mass is 180 g/mol. The van der Waals surface area contributed by atoms with Gasteiger partial charge in [-0.05, 0) is 18.4 Å². The molecule has 0 aromatic rings. The third kappa shape index (κ3) is 4.95. The van der Waals surface area contributed by atoms with Crippen LogP contribution in [-0.2, 0) is 0 Å². The third-order valence-corrected chi connectivity index (χ3v) is 1.51. The van der Waals surface area contributed by atoms with Gasteiger partial charge in [-0.15, -0.1) is 0 Å². The highest BCUT2D eigenvalue weighted by Crippen LogP contribution is 2.08. The van der Waals surface area contributed by atoms with Crippen LogP contribution in [0.5, 0.6) is 0 Å². The summed E-state index contributed by atoms with van der Waals surface area (Å²) in [4.78, 5) is 14.4. The molecule has 13 heavy (non-hydrogen) atoms. The average molecular weight is 180 g/mol.